The Hall–Kier alpha value is -2.37. The quantitative estimate of drug-likeness (QED) is 0.848. The number of benzene rings is 1. The Morgan fingerprint density at radius 2 is 1.88 bits per heavy atom. The largest absolute Gasteiger partial charge is 0.475 e. The van der Waals surface area contributed by atoms with Crippen LogP contribution in [0.5, 0.6) is 0 Å². The molecule has 3 rings (SSSR count). The van der Waals surface area contributed by atoms with Crippen LogP contribution < -0.4 is 0 Å². The zero-order valence-electron chi connectivity index (χ0n) is 15.3. The maximum absolute atomic E-state index is 13.3. The van der Waals surface area contributed by atoms with Crippen molar-refractivity contribution in [1.82, 2.24) is 9.80 Å². The van der Waals surface area contributed by atoms with Crippen LogP contribution in [-0.4, -0.2) is 52.9 Å². The molecule has 2 aliphatic heterocycles. The van der Waals surface area contributed by atoms with Crippen molar-refractivity contribution in [2.24, 2.45) is 10.9 Å². The number of carbonyl (C=O) groups excluding carboxylic acids is 2. The summed E-state index contributed by atoms with van der Waals surface area (Å²) in [7, 11) is 1.73. The van der Waals surface area contributed by atoms with Crippen molar-refractivity contribution in [3.05, 3.63) is 35.9 Å². The van der Waals surface area contributed by atoms with Crippen LogP contribution in [0.2, 0.25) is 0 Å². The van der Waals surface area contributed by atoms with Gasteiger partial charge in [0.15, 0.2) is 11.9 Å². The summed E-state index contributed by atoms with van der Waals surface area (Å²) >= 11 is 0. The summed E-state index contributed by atoms with van der Waals surface area (Å²) in [5, 5.41) is 0. The first-order chi connectivity index (χ1) is 11.8. The third-order valence-electron chi connectivity index (χ3n) is 5.08. The first-order valence-corrected chi connectivity index (χ1v) is 8.68. The van der Waals surface area contributed by atoms with Gasteiger partial charge in [0, 0.05) is 14.0 Å². The van der Waals surface area contributed by atoms with Crippen LogP contribution in [0.3, 0.4) is 0 Å². The topological polar surface area (TPSA) is 62.2 Å². The zero-order valence-corrected chi connectivity index (χ0v) is 15.3. The smallest absolute Gasteiger partial charge is 0.327 e. The van der Waals surface area contributed by atoms with Crippen LogP contribution in [0.4, 0.5) is 4.79 Å². The highest BCUT2D eigenvalue weighted by molar-refractivity contribution is 6.01. The van der Waals surface area contributed by atoms with E-state index in [1.54, 1.807) is 18.9 Å². The average molecular weight is 343 g/mol. The Bertz CT molecular complexity index is 701. The minimum absolute atomic E-state index is 0.108. The first kappa shape index (κ1) is 17.5. The van der Waals surface area contributed by atoms with E-state index >= 15 is 0 Å². The van der Waals surface area contributed by atoms with Crippen molar-refractivity contribution in [1.29, 1.82) is 0 Å². The highest BCUT2D eigenvalue weighted by Gasteiger charge is 2.50. The van der Waals surface area contributed by atoms with Crippen LogP contribution >= 0.6 is 0 Å². The Balaban J connectivity index is 1.98. The van der Waals surface area contributed by atoms with E-state index in [0.717, 1.165) is 5.56 Å². The first-order valence-electron chi connectivity index (χ1n) is 8.68. The number of nitrogens with zero attached hydrogens (tertiary/aromatic N) is 3. The summed E-state index contributed by atoms with van der Waals surface area (Å²) < 4.78 is 5.72. The van der Waals surface area contributed by atoms with Gasteiger partial charge in [0.25, 0.3) is 5.91 Å². The molecule has 2 aliphatic rings. The normalized spacial score (nSPS) is 29.2. The monoisotopic (exact) mass is 343 g/mol. The Kier molecular flexibility index (Phi) is 4.54. The summed E-state index contributed by atoms with van der Waals surface area (Å²) in [6, 6.07) is 8.28. The zero-order chi connectivity index (χ0) is 18.3. The van der Waals surface area contributed by atoms with Gasteiger partial charge in [-0.3, -0.25) is 9.69 Å². The molecule has 1 aromatic carbocycles. The van der Waals surface area contributed by atoms with Crippen LogP contribution in [-0.2, 0) is 9.53 Å². The van der Waals surface area contributed by atoms with E-state index in [1.807, 2.05) is 51.1 Å². The number of likely N-dealkylation sites (N-methyl/N-ethyl adjacent to an activating group) is 1. The molecule has 3 amide bonds. The van der Waals surface area contributed by atoms with E-state index in [2.05, 4.69) is 4.99 Å². The number of imide groups is 1. The molecule has 0 aromatic heterocycles. The molecule has 0 spiro atoms. The summed E-state index contributed by atoms with van der Waals surface area (Å²) in [6.07, 6.45) is -0.335. The van der Waals surface area contributed by atoms with Crippen LogP contribution in [0, 0.1) is 5.92 Å². The van der Waals surface area contributed by atoms with Crippen molar-refractivity contribution in [3.63, 3.8) is 0 Å². The molecular weight excluding hydrogens is 318 g/mol. The van der Waals surface area contributed by atoms with Crippen LogP contribution in [0.1, 0.15) is 39.3 Å². The maximum atomic E-state index is 13.3. The minimum atomic E-state index is -0.672. The number of amides is 3. The lowest BCUT2D eigenvalue weighted by atomic mass is 9.96. The van der Waals surface area contributed by atoms with Gasteiger partial charge in [0.05, 0.1) is 12.1 Å². The highest BCUT2D eigenvalue weighted by Crippen LogP contribution is 2.36. The van der Waals surface area contributed by atoms with E-state index in [9.17, 15) is 9.59 Å². The van der Waals surface area contributed by atoms with Crippen molar-refractivity contribution >= 4 is 17.8 Å². The molecule has 0 bridgehead atoms. The fraction of sp³-hybridized carbons (Fsp3) is 0.526. The molecule has 134 valence electrons. The van der Waals surface area contributed by atoms with Crippen molar-refractivity contribution < 1.29 is 14.3 Å². The molecule has 1 aromatic rings. The molecule has 0 saturated carbocycles. The molecule has 4 atom stereocenters. The van der Waals surface area contributed by atoms with Gasteiger partial charge in [-0.1, -0.05) is 44.2 Å². The van der Waals surface area contributed by atoms with Gasteiger partial charge in [0.1, 0.15) is 6.10 Å². The number of urea groups is 1. The summed E-state index contributed by atoms with van der Waals surface area (Å²) in [5.74, 6) is 0.338. The lowest BCUT2D eigenvalue weighted by molar-refractivity contribution is -0.132. The van der Waals surface area contributed by atoms with Gasteiger partial charge in [-0.15, -0.1) is 0 Å². The average Bonchev–Trinajstić information content (AvgIpc) is 3.09. The molecule has 25 heavy (non-hydrogen) atoms. The molecule has 0 radical (unpaired) electrons. The third kappa shape index (κ3) is 2.90. The molecule has 0 unspecified atom stereocenters. The van der Waals surface area contributed by atoms with Crippen molar-refractivity contribution in [2.75, 3.05) is 7.05 Å². The lowest BCUT2D eigenvalue weighted by Gasteiger charge is -2.28. The lowest BCUT2D eigenvalue weighted by Crippen LogP contribution is -2.46. The van der Waals surface area contributed by atoms with Crippen molar-refractivity contribution in [2.45, 2.75) is 51.9 Å². The maximum Gasteiger partial charge on any atom is 0.327 e. The highest BCUT2D eigenvalue weighted by atomic mass is 16.5. The summed E-state index contributed by atoms with van der Waals surface area (Å²) in [6.45, 7) is 7.70. The standard InChI is InChI=1S/C19H25N3O3/c1-11(2)17-15(20-13(4)25-17)18(23)22-16(12(3)21(5)19(22)24)14-9-7-6-8-10-14/h6-12,15-17H,1-5H3/t12-,15+,16-,17-/m1/s1. The second-order valence-electron chi connectivity index (χ2n) is 7.12. The van der Waals surface area contributed by atoms with Crippen LogP contribution in [0.25, 0.3) is 0 Å². The number of hydrogen-bond donors (Lipinski definition) is 0. The molecule has 0 aliphatic carbocycles. The Morgan fingerprint density at radius 3 is 2.48 bits per heavy atom. The van der Waals surface area contributed by atoms with E-state index in [4.69, 9.17) is 4.74 Å². The van der Waals surface area contributed by atoms with E-state index in [-0.39, 0.29) is 36.0 Å². The van der Waals surface area contributed by atoms with Gasteiger partial charge in [0.2, 0.25) is 0 Å². The van der Waals surface area contributed by atoms with Crippen LogP contribution in [0.15, 0.2) is 35.3 Å². The predicted molar refractivity (Wildman–Crippen MR) is 95.3 cm³/mol. The van der Waals surface area contributed by atoms with Gasteiger partial charge < -0.3 is 9.64 Å². The molecule has 1 fully saturated rings. The van der Waals surface area contributed by atoms with Crippen molar-refractivity contribution in [3.8, 4) is 0 Å². The minimum Gasteiger partial charge on any atom is -0.475 e. The molecule has 6 heteroatoms. The number of aliphatic imine (C=N–C) groups is 1. The van der Waals surface area contributed by atoms with Gasteiger partial charge in [-0.05, 0) is 18.4 Å². The molecule has 1 saturated heterocycles. The number of hydrogen-bond acceptors (Lipinski definition) is 4. The number of rotatable bonds is 3. The number of carbonyl (C=O) groups is 2. The molecule has 0 N–H and O–H groups in total. The third-order valence-corrected chi connectivity index (χ3v) is 5.08. The predicted octanol–water partition coefficient (Wildman–Crippen LogP) is 2.85. The Labute approximate surface area is 148 Å². The van der Waals surface area contributed by atoms with E-state index in [0.29, 0.717) is 5.90 Å². The van der Waals surface area contributed by atoms with Gasteiger partial charge >= 0.3 is 6.03 Å². The van der Waals surface area contributed by atoms with E-state index < -0.39 is 6.04 Å². The number of ether oxygens (including phenoxy) is 1. The Morgan fingerprint density at radius 1 is 1.24 bits per heavy atom. The molecule has 2 heterocycles. The second kappa shape index (κ2) is 6.50. The molecular formula is C19H25N3O3. The van der Waals surface area contributed by atoms with Gasteiger partial charge in [-0.2, -0.15) is 0 Å². The summed E-state index contributed by atoms with van der Waals surface area (Å²) in [5.41, 5.74) is 0.946. The second-order valence-corrected chi connectivity index (χ2v) is 7.12. The molecule has 6 nitrogen and oxygen atoms in total. The SMILES string of the molecule is CC1=N[C@H](C(=O)N2C(=O)N(C)[C@H](C)[C@@H]2c2ccccc2)[C@@H](C(C)C)O1. The van der Waals surface area contributed by atoms with E-state index in [1.165, 1.54) is 4.90 Å². The summed E-state index contributed by atoms with van der Waals surface area (Å²) in [4.78, 5) is 33.4. The fourth-order valence-electron chi connectivity index (χ4n) is 3.60. The fourth-order valence-corrected chi connectivity index (χ4v) is 3.60. The van der Waals surface area contributed by atoms with Gasteiger partial charge in [-0.25, -0.2) is 9.79 Å².